The molecule has 0 aliphatic carbocycles. The molecule has 7 heteroatoms. The predicted molar refractivity (Wildman–Crippen MR) is 80.5 cm³/mol. The van der Waals surface area contributed by atoms with Crippen LogP contribution in [0.4, 0.5) is 8.78 Å². The summed E-state index contributed by atoms with van der Waals surface area (Å²) in [7, 11) is 0. The molecule has 0 unspecified atom stereocenters. The molecule has 1 aromatic carbocycles. The molecule has 122 valence electrons. The highest BCUT2D eigenvalue weighted by Crippen LogP contribution is 2.22. The molecule has 0 fully saturated rings. The number of ether oxygens (including phenoxy) is 1. The molecule has 0 radical (unpaired) electrons. The summed E-state index contributed by atoms with van der Waals surface area (Å²) >= 11 is 0.815. The van der Waals surface area contributed by atoms with Crippen molar-refractivity contribution >= 4 is 23.6 Å². The number of hydrogen-bond acceptors (Lipinski definition) is 4. The fourth-order valence-electron chi connectivity index (χ4n) is 1.48. The van der Waals surface area contributed by atoms with Gasteiger partial charge in [0, 0.05) is 10.4 Å². The van der Waals surface area contributed by atoms with Gasteiger partial charge in [-0.3, -0.25) is 9.59 Å². The third-order valence-electron chi connectivity index (χ3n) is 2.41. The van der Waals surface area contributed by atoms with Crippen LogP contribution in [0.15, 0.2) is 23.1 Å². The third kappa shape index (κ3) is 6.43. The minimum Gasteiger partial charge on any atom is -0.452 e. The smallest absolute Gasteiger partial charge is 0.317 e. The van der Waals surface area contributed by atoms with Crippen LogP contribution >= 0.6 is 11.8 Å². The summed E-state index contributed by atoms with van der Waals surface area (Å²) in [4.78, 5) is 23.4. The van der Waals surface area contributed by atoms with Gasteiger partial charge >= 0.3 is 5.97 Å². The molecule has 22 heavy (non-hydrogen) atoms. The van der Waals surface area contributed by atoms with E-state index in [0.29, 0.717) is 0 Å². The van der Waals surface area contributed by atoms with Crippen LogP contribution in [0.25, 0.3) is 0 Å². The molecule has 0 bridgehead atoms. The molecule has 1 atom stereocenters. The van der Waals surface area contributed by atoms with Crippen molar-refractivity contribution in [2.45, 2.75) is 44.2 Å². The van der Waals surface area contributed by atoms with E-state index in [1.165, 1.54) is 6.92 Å². The van der Waals surface area contributed by atoms with E-state index >= 15 is 0 Å². The van der Waals surface area contributed by atoms with Crippen LogP contribution in [0.1, 0.15) is 27.7 Å². The van der Waals surface area contributed by atoms with Crippen LogP contribution < -0.4 is 5.32 Å². The third-order valence-corrected chi connectivity index (χ3v) is 3.42. The zero-order valence-corrected chi connectivity index (χ0v) is 13.7. The van der Waals surface area contributed by atoms with Crippen molar-refractivity contribution in [1.29, 1.82) is 0 Å². The fraction of sp³-hybridized carbons (Fsp3) is 0.467. The molecule has 0 aliphatic heterocycles. The van der Waals surface area contributed by atoms with Crippen LogP contribution in [0.5, 0.6) is 0 Å². The van der Waals surface area contributed by atoms with Crippen LogP contribution in [-0.4, -0.2) is 29.3 Å². The maximum atomic E-state index is 13.4. The zero-order chi connectivity index (χ0) is 16.9. The number of carbonyl (C=O) groups is 2. The Morgan fingerprint density at radius 3 is 2.55 bits per heavy atom. The van der Waals surface area contributed by atoms with Crippen LogP contribution in [0.3, 0.4) is 0 Å². The fourth-order valence-corrected chi connectivity index (χ4v) is 2.22. The number of amides is 1. The number of hydrogen-bond donors (Lipinski definition) is 1. The average molecular weight is 331 g/mol. The van der Waals surface area contributed by atoms with Crippen molar-refractivity contribution in [3.05, 3.63) is 29.8 Å². The van der Waals surface area contributed by atoms with Crippen LogP contribution in [0.2, 0.25) is 0 Å². The first-order valence-corrected chi connectivity index (χ1v) is 7.66. The van der Waals surface area contributed by atoms with Crippen molar-refractivity contribution in [2.75, 3.05) is 5.75 Å². The first-order chi connectivity index (χ1) is 10.1. The van der Waals surface area contributed by atoms with Gasteiger partial charge in [-0.05, 0) is 45.9 Å². The van der Waals surface area contributed by atoms with Gasteiger partial charge in [-0.1, -0.05) is 0 Å². The molecule has 4 nitrogen and oxygen atoms in total. The van der Waals surface area contributed by atoms with Gasteiger partial charge in [0.25, 0.3) is 5.91 Å². The number of thioether (sulfide) groups is 1. The normalized spacial score (nSPS) is 12.6. The highest BCUT2D eigenvalue weighted by molar-refractivity contribution is 8.00. The van der Waals surface area contributed by atoms with E-state index in [-0.39, 0.29) is 10.6 Å². The zero-order valence-electron chi connectivity index (χ0n) is 12.9. The lowest BCUT2D eigenvalue weighted by Crippen LogP contribution is -2.46. The lowest BCUT2D eigenvalue weighted by Gasteiger charge is -2.23. The highest BCUT2D eigenvalue weighted by Gasteiger charge is 2.22. The van der Waals surface area contributed by atoms with Gasteiger partial charge in [0.15, 0.2) is 6.10 Å². The summed E-state index contributed by atoms with van der Waals surface area (Å²) in [6.45, 7) is 6.87. The second-order valence-corrected chi connectivity index (χ2v) is 6.75. The summed E-state index contributed by atoms with van der Waals surface area (Å²) in [6.07, 6.45) is -0.954. The van der Waals surface area contributed by atoms with Crippen molar-refractivity contribution in [2.24, 2.45) is 0 Å². The first-order valence-electron chi connectivity index (χ1n) is 6.68. The molecule has 0 saturated carbocycles. The standard InChI is InChI=1S/C15H19F2NO3S/c1-9(14(20)18-15(2,3)4)21-13(19)8-22-12-7-10(16)5-6-11(12)17/h5-7,9H,8H2,1-4H3,(H,18,20)/t9-/m1/s1. The Bertz CT molecular complexity index is 558. The van der Waals surface area contributed by atoms with Gasteiger partial charge in [-0.25, -0.2) is 8.78 Å². The average Bonchev–Trinajstić information content (AvgIpc) is 2.37. The predicted octanol–water partition coefficient (Wildman–Crippen LogP) is 2.90. The second-order valence-electron chi connectivity index (χ2n) is 5.73. The van der Waals surface area contributed by atoms with E-state index in [2.05, 4.69) is 5.32 Å². The summed E-state index contributed by atoms with van der Waals surface area (Å²) in [5.74, 6) is -2.51. The Morgan fingerprint density at radius 2 is 1.95 bits per heavy atom. The van der Waals surface area contributed by atoms with Gasteiger partial charge in [0.1, 0.15) is 11.6 Å². The Morgan fingerprint density at radius 1 is 1.32 bits per heavy atom. The van der Waals surface area contributed by atoms with Crippen molar-refractivity contribution in [1.82, 2.24) is 5.32 Å². The Hall–Kier alpha value is -1.63. The Balaban J connectivity index is 2.49. The molecule has 0 aliphatic rings. The summed E-state index contributed by atoms with van der Waals surface area (Å²) in [5.41, 5.74) is -0.433. The molecule has 0 saturated heterocycles. The van der Waals surface area contributed by atoms with Gasteiger partial charge in [0.2, 0.25) is 0 Å². The monoisotopic (exact) mass is 331 g/mol. The van der Waals surface area contributed by atoms with Crippen LogP contribution in [0, 0.1) is 11.6 Å². The molecular weight excluding hydrogens is 312 g/mol. The molecule has 0 aromatic heterocycles. The number of esters is 1. The van der Waals surface area contributed by atoms with E-state index in [4.69, 9.17) is 4.74 Å². The number of carbonyl (C=O) groups excluding carboxylic acids is 2. The minimum absolute atomic E-state index is 0.0174. The summed E-state index contributed by atoms with van der Waals surface area (Å²) < 4.78 is 31.4. The SMILES string of the molecule is C[C@@H](OC(=O)CSc1cc(F)ccc1F)C(=O)NC(C)(C)C. The highest BCUT2D eigenvalue weighted by atomic mass is 32.2. The molecule has 0 heterocycles. The van der Waals surface area contributed by atoms with Crippen LogP contribution in [-0.2, 0) is 14.3 Å². The van der Waals surface area contributed by atoms with E-state index < -0.39 is 35.2 Å². The molecule has 1 rings (SSSR count). The number of rotatable bonds is 5. The number of benzene rings is 1. The first kappa shape index (κ1) is 18.4. The van der Waals surface area contributed by atoms with Gasteiger partial charge in [-0.15, -0.1) is 11.8 Å². The number of halogens is 2. The quantitative estimate of drug-likeness (QED) is 0.666. The Kier molecular flexibility index (Phi) is 6.34. The minimum atomic E-state index is -0.954. The molecule has 1 amide bonds. The van der Waals surface area contributed by atoms with E-state index in [0.717, 1.165) is 30.0 Å². The maximum Gasteiger partial charge on any atom is 0.317 e. The van der Waals surface area contributed by atoms with E-state index in [1.807, 2.05) is 20.8 Å². The van der Waals surface area contributed by atoms with Gasteiger partial charge < -0.3 is 10.1 Å². The number of nitrogens with one attached hydrogen (secondary N) is 1. The summed E-state index contributed by atoms with van der Waals surface area (Å²) in [5, 5.41) is 2.68. The van der Waals surface area contributed by atoms with E-state index in [9.17, 15) is 18.4 Å². The Labute approximate surface area is 132 Å². The maximum absolute atomic E-state index is 13.4. The molecular formula is C15H19F2NO3S. The van der Waals surface area contributed by atoms with E-state index in [1.54, 1.807) is 0 Å². The summed E-state index contributed by atoms with van der Waals surface area (Å²) in [6, 6.07) is 2.99. The second kappa shape index (κ2) is 7.58. The molecule has 1 N–H and O–H groups in total. The topological polar surface area (TPSA) is 55.4 Å². The molecule has 1 aromatic rings. The largest absolute Gasteiger partial charge is 0.452 e. The van der Waals surface area contributed by atoms with Crippen molar-refractivity contribution in [3.8, 4) is 0 Å². The van der Waals surface area contributed by atoms with Gasteiger partial charge in [0.05, 0.1) is 5.75 Å². The lowest BCUT2D eigenvalue weighted by molar-refractivity contribution is -0.152. The van der Waals surface area contributed by atoms with Crippen molar-refractivity contribution < 1.29 is 23.1 Å². The lowest BCUT2D eigenvalue weighted by atomic mass is 10.1. The van der Waals surface area contributed by atoms with Crippen molar-refractivity contribution in [3.63, 3.8) is 0 Å². The van der Waals surface area contributed by atoms with Gasteiger partial charge in [-0.2, -0.15) is 0 Å². The molecule has 0 spiro atoms.